The molecular formula is C25H27N3O4. The topological polar surface area (TPSA) is 90.3 Å². The molecule has 2 heterocycles. The van der Waals surface area contributed by atoms with E-state index in [1.807, 2.05) is 31.2 Å². The van der Waals surface area contributed by atoms with Crippen LogP contribution in [0.25, 0.3) is 10.9 Å². The van der Waals surface area contributed by atoms with E-state index in [4.69, 9.17) is 4.74 Å². The molecule has 1 amide bonds. The van der Waals surface area contributed by atoms with E-state index >= 15 is 0 Å². The van der Waals surface area contributed by atoms with E-state index in [1.165, 1.54) is 0 Å². The molecule has 1 aliphatic rings. The number of ether oxygens (including phenoxy) is 1. The van der Waals surface area contributed by atoms with Gasteiger partial charge in [0.25, 0.3) is 11.5 Å². The minimum Gasteiger partial charge on any atom is -0.463 e. The quantitative estimate of drug-likeness (QED) is 0.601. The fraction of sp³-hybridized carbons (Fsp3) is 0.360. The molecule has 4 rings (SSSR count). The molecule has 0 saturated heterocycles. The summed E-state index contributed by atoms with van der Waals surface area (Å²) in [5.41, 5.74) is 2.75. The van der Waals surface area contributed by atoms with Crippen LogP contribution in [0.1, 0.15) is 60.0 Å². The molecule has 32 heavy (non-hydrogen) atoms. The highest BCUT2D eigenvalue weighted by Gasteiger charge is 2.22. The highest BCUT2D eigenvalue weighted by Crippen LogP contribution is 2.21. The molecule has 0 fully saturated rings. The van der Waals surface area contributed by atoms with Crippen LogP contribution < -0.4 is 10.9 Å². The molecule has 0 saturated carbocycles. The van der Waals surface area contributed by atoms with Crippen LogP contribution in [-0.2, 0) is 22.5 Å². The SMILES string of the molecule is Cc1ccc([C@H](CC(=O)OC(C)C)NC(=O)c2ccc3c(=O)n4c(nc3c2)CCC4)cc1. The number of fused-ring (bicyclic) bond motifs is 2. The third-order valence-electron chi connectivity index (χ3n) is 5.60. The molecule has 1 atom stereocenters. The first-order chi connectivity index (χ1) is 15.3. The summed E-state index contributed by atoms with van der Waals surface area (Å²) >= 11 is 0. The predicted molar refractivity (Wildman–Crippen MR) is 122 cm³/mol. The molecule has 3 aromatic rings. The third kappa shape index (κ3) is 4.56. The van der Waals surface area contributed by atoms with Gasteiger partial charge >= 0.3 is 5.97 Å². The predicted octanol–water partition coefficient (Wildman–Crippen LogP) is 3.46. The second-order valence-electron chi connectivity index (χ2n) is 8.50. The molecule has 1 aliphatic heterocycles. The second-order valence-corrected chi connectivity index (χ2v) is 8.50. The van der Waals surface area contributed by atoms with Gasteiger partial charge in [0.2, 0.25) is 0 Å². The molecule has 0 aliphatic carbocycles. The van der Waals surface area contributed by atoms with E-state index in [9.17, 15) is 14.4 Å². The maximum atomic E-state index is 13.1. The molecule has 1 aromatic heterocycles. The van der Waals surface area contributed by atoms with Crippen molar-refractivity contribution >= 4 is 22.8 Å². The summed E-state index contributed by atoms with van der Waals surface area (Å²) in [6.45, 7) is 6.24. The Hall–Kier alpha value is -3.48. The normalized spacial score (nSPS) is 13.8. The second kappa shape index (κ2) is 8.94. The van der Waals surface area contributed by atoms with Gasteiger partial charge in [-0.25, -0.2) is 4.98 Å². The van der Waals surface area contributed by atoms with Gasteiger partial charge in [0, 0.05) is 18.5 Å². The first-order valence-corrected chi connectivity index (χ1v) is 10.9. The Morgan fingerprint density at radius 1 is 1.16 bits per heavy atom. The number of hydrogen-bond acceptors (Lipinski definition) is 5. The minimum absolute atomic E-state index is 0.0215. The van der Waals surface area contributed by atoms with E-state index in [2.05, 4.69) is 10.3 Å². The molecule has 7 heteroatoms. The van der Waals surface area contributed by atoms with Crippen LogP contribution in [0.2, 0.25) is 0 Å². The molecule has 166 valence electrons. The van der Waals surface area contributed by atoms with Gasteiger partial charge in [-0.05, 0) is 51.0 Å². The zero-order valence-corrected chi connectivity index (χ0v) is 18.6. The number of aryl methyl sites for hydroxylation is 2. The first-order valence-electron chi connectivity index (χ1n) is 10.9. The van der Waals surface area contributed by atoms with Crippen LogP contribution >= 0.6 is 0 Å². The Labute approximate surface area is 186 Å². The first kappa shape index (κ1) is 21.7. The van der Waals surface area contributed by atoms with Gasteiger partial charge < -0.3 is 10.1 Å². The Balaban J connectivity index is 1.61. The summed E-state index contributed by atoms with van der Waals surface area (Å²) in [7, 11) is 0. The number of carbonyl (C=O) groups excluding carboxylic acids is 2. The summed E-state index contributed by atoms with van der Waals surface area (Å²) in [6.07, 6.45) is 1.45. The maximum Gasteiger partial charge on any atom is 0.308 e. The van der Waals surface area contributed by atoms with Crippen molar-refractivity contribution in [3.63, 3.8) is 0 Å². The number of nitrogens with zero attached hydrogens (tertiary/aromatic N) is 2. The summed E-state index contributed by atoms with van der Waals surface area (Å²) in [6, 6.07) is 12.1. The average molecular weight is 434 g/mol. The van der Waals surface area contributed by atoms with Gasteiger partial charge in [-0.3, -0.25) is 19.0 Å². The van der Waals surface area contributed by atoms with Crippen molar-refractivity contribution in [1.29, 1.82) is 0 Å². The summed E-state index contributed by atoms with van der Waals surface area (Å²) in [5, 5.41) is 3.46. The minimum atomic E-state index is -0.538. The lowest BCUT2D eigenvalue weighted by atomic mass is 10.0. The van der Waals surface area contributed by atoms with Crippen LogP contribution in [0, 0.1) is 6.92 Å². The third-order valence-corrected chi connectivity index (χ3v) is 5.60. The van der Waals surface area contributed by atoms with E-state index in [0.717, 1.165) is 29.8 Å². The maximum absolute atomic E-state index is 13.1. The molecular weight excluding hydrogens is 406 g/mol. The lowest BCUT2D eigenvalue weighted by Crippen LogP contribution is -2.31. The number of amides is 1. The van der Waals surface area contributed by atoms with Gasteiger partial charge in [-0.1, -0.05) is 29.8 Å². The highest BCUT2D eigenvalue weighted by atomic mass is 16.5. The molecule has 7 nitrogen and oxygen atoms in total. The zero-order chi connectivity index (χ0) is 22.8. The van der Waals surface area contributed by atoms with Crippen molar-refractivity contribution in [2.75, 3.05) is 0 Å². The lowest BCUT2D eigenvalue weighted by molar-refractivity contribution is -0.147. The van der Waals surface area contributed by atoms with Crippen LogP contribution in [-0.4, -0.2) is 27.5 Å². The standard InChI is InChI=1S/C25H27N3O4/c1-15(2)32-23(29)14-20(17-8-6-16(3)7-9-17)27-24(30)18-10-11-19-21(13-18)26-22-5-4-12-28(22)25(19)31/h6-11,13,15,20H,4-5,12,14H2,1-3H3,(H,27,30)/t20-/m0/s1. The Morgan fingerprint density at radius 2 is 1.91 bits per heavy atom. The fourth-order valence-electron chi connectivity index (χ4n) is 4.00. The van der Waals surface area contributed by atoms with Crippen molar-refractivity contribution in [3.8, 4) is 0 Å². The van der Waals surface area contributed by atoms with Crippen LogP contribution in [0.3, 0.4) is 0 Å². The number of esters is 1. The number of aromatic nitrogens is 2. The van der Waals surface area contributed by atoms with Gasteiger partial charge in [0.05, 0.1) is 29.5 Å². The van der Waals surface area contributed by atoms with Crippen molar-refractivity contribution in [3.05, 3.63) is 75.3 Å². The number of nitrogens with one attached hydrogen (secondary N) is 1. The van der Waals surface area contributed by atoms with Crippen LogP contribution in [0.5, 0.6) is 0 Å². The van der Waals surface area contributed by atoms with Crippen molar-refractivity contribution < 1.29 is 14.3 Å². The van der Waals surface area contributed by atoms with Gasteiger partial charge in [-0.15, -0.1) is 0 Å². The number of hydrogen-bond donors (Lipinski definition) is 1. The van der Waals surface area contributed by atoms with Crippen molar-refractivity contribution in [2.45, 2.75) is 58.7 Å². The Kier molecular flexibility index (Phi) is 6.08. The summed E-state index contributed by atoms with van der Waals surface area (Å²) in [4.78, 5) is 42.7. The molecule has 0 radical (unpaired) electrons. The van der Waals surface area contributed by atoms with Crippen molar-refractivity contribution in [1.82, 2.24) is 14.9 Å². The molecule has 0 bridgehead atoms. The summed E-state index contributed by atoms with van der Waals surface area (Å²) in [5.74, 6) is 0.0425. The van der Waals surface area contributed by atoms with E-state index in [0.29, 0.717) is 23.0 Å². The monoisotopic (exact) mass is 433 g/mol. The zero-order valence-electron chi connectivity index (χ0n) is 18.6. The molecule has 2 aromatic carbocycles. The number of carbonyl (C=O) groups is 2. The average Bonchev–Trinajstić information content (AvgIpc) is 3.22. The highest BCUT2D eigenvalue weighted by molar-refractivity contribution is 5.98. The number of rotatable bonds is 6. The van der Waals surface area contributed by atoms with E-state index in [-0.39, 0.29) is 30.0 Å². The van der Waals surface area contributed by atoms with Gasteiger partial charge in [0.15, 0.2) is 0 Å². The van der Waals surface area contributed by atoms with Crippen LogP contribution in [0.4, 0.5) is 0 Å². The largest absolute Gasteiger partial charge is 0.463 e. The molecule has 1 N–H and O–H groups in total. The summed E-state index contributed by atoms with van der Waals surface area (Å²) < 4.78 is 6.99. The van der Waals surface area contributed by atoms with Crippen molar-refractivity contribution in [2.24, 2.45) is 0 Å². The van der Waals surface area contributed by atoms with Crippen LogP contribution in [0.15, 0.2) is 47.3 Å². The fourth-order valence-corrected chi connectivity index (χ4v) is 4.00. The number of benzene rings is 2. The van der Waals surface area contributed by atoms with Gasteiger partial charge in [0.1, 0.15) is 5.82 Å². The Morgan fingerprint density at radius 3 is 2.62 bits per heavy atom. The smallest absolute Gasteiger partial charge is 0.308 e. The van der Waals surface area contributed by atoms with Gasteiger partial charge in [-0.2, -0.15) is 0 Å². The van der Waals surface area contributed by atoms with E-state index in [1.54, 1.807) is 36.6 Å². The lowest BCUT2D eigenvalue weighted by Gasteiger charge is -2.20. The van der Waals surface area contributed by atoms with E-state index < -0.39 is 6.04 Å². The molecule has 0 spiro atoms. The Bertz CT molecular complexity index is 1230. The molecule has 0 unspecified atom stereocenters.